The quantitative estimate of drug-likeness (QED) is 0.137. The van der Waals surface area contributed by atoms with E-state index >= 15 is 0 Å². The number of hydrogen-bond donors (Lipinski definition) is 2. The first-order chi connectivity index (χ1) is 17.2. The van der Waals surface area contributed by atoms with Crippen LogP contribution in [0.4, 0.5) is 0 Å². The minimum atomic E-state index is -0.910. The summed E-state index contributed by atoms with van der Waals surface area (Å²) < 4.78 is 21.1. The van der Waals surface area contributed by atoms with Gasteiger partial charge in [0.15, 0.2) is 24.0 Å². The van der Waals surface area contributed by atoms with Gasteiger partial charge in [-0.25, -0.2) is 0 Å². The topological polar surface area (TPSA) is 163 Å². The number of rotatable bonds is 12. The second-order valence-electron chi connectivity index (χ2n) is 7.31. The number of halogens is 3. The van der Waals surface area contributed by atoms with Crippen LogP contribution < -0.4 is 10.6 Å². The molecule has 1 aromatic rings. The summed E-state index contributed by atoms with van der Waals surface area (Å²) in [5, 5.41) is 5.23. The molecule has 12 nitrogen and oxygen atoms in total. The summed E-state index contributed by atoms with van der Waals surface area (Å²) in [6.07, 6.45) is -1.82. The molecule has 0 aliphatic heterocycles. The first-order valence-electron chi connectivity index (χ1n) is 10.5. The van der Waals surface area contributed by atoms with E-state index in [4.69, 9.17) is 18.9 Å². The number of nitrogens with one attached hydrogen (secondary N) is 2. The van der Waals surface area contributed by atoms with Crippen molar-refractivity contribution in [3.05, 3.63) is 27.9 Å². The van der Waals surface area contributed by atoms with E-state index in [-0.39, 0.29) is 70.1 Å². The van der Waals surface area contributed by atoms with Crippen LogP contribution in [-0.4, -0.2) is 74.2 Å². The number of ether oxygens (including phenoxy) is 4. The van der Waals surface area contributed by atoms with E-state index in [1.807, 2.05) is 67.8 Å². The molecular formula is C22H24I3N2O10Y-. The molecule has 1 radical (unpaired) electrons. The third-order valence-corrected chi connectivity index (χ3v) is 6.84. The Bertz CT molecular complexity index is 992. The zero-order valence-electron chi connectivity index (χ0n) is 20.8. The Morgan fingerprint density at radius 3 is 1.32 bits per heavy atom. The van der Waals surface area contributed by atoms with E-state index in [0.29, 0.717) is 10.7 Å². The molecule has 0 aliphatic carbocycles. The van der Waals surface area contributed by atoms with Crippen LogP contribution in [0.3, 0.4) is 0 Å². The SMILES string of the molecule is CC(=O)OCC(CNC(=O)c1c(I)[c-]c(I)c(C(=O)NCC(COC(C)=O)OC(C)=O)c1I)OC(C)=O.[Y]. The summed E-state index contributed by atoms with van der Waals surface area (Å²) in [5.41, 5.74) is 0.328. The molecule has 1 rings (SSSR count). The fourth-order valence-corrected chi connectivity index (χ4v) is 6.83. The minimum absolute atomic E-state index is 0. The van der Waals surface area contributed by atoms with Crippen molar-refractivity contribution in [3.63, 3.8) is 0 Å². The van der Waals surface area contributed by atoms with Gasteiger partial charge in [0, 0.05) is 60.4 Å². The molecule has 0 fully saturated rings. The molecule has 0 aliphatic rings. The predicted molar refractivity (Wildman–Crippen MR) is 152 cm³/mol. The average molecular weight is 946 g/mol. The summed E-state index contributed by atoms with van der Waals surface area (Å²) >= 11 is 5.69. The Labute approximate surface area is 285 Å². The van der Waals surface area contributed by atoms with E-state index in [1.54, 1.807) is 0 Å². The van der Waals surface area contributed by atoms with Gasteiger partial charge in [0.25, 0.3) is 0 Å². The van der Waals surface area contributed by atoms with Crippen molar-refractivity contribution in [2.45, 2.75) is 39.9 Å². The molecule has 0 saturated heterocycles. The normalized spacial score (nSPS) is 11.7. The largest absolute Gasteiger partial charge is 0.462 e. The molecule has 0 heterocycles. The second-order valence-corrected chi connectivity index (χ2v) is 10.5. The van der Waals surface area contributed by atoms with Gasteiger partial charge in [0.2, 0.25) is 0 Å². The van der Waals surface area contributed by atoms with Crippen molar-refractivity contribution in [3.8, 4) is 0 Å². The van der Waals surface area contributed by atoms with Crippen molar-refractivity contribution in [2.75, 3.05) is 26.3 Å². The van der Waals surface area contributed by atoms with Crippen LogP contribution in [0.1, 0.15) is 48.4 Å². The molecule has 0 bridgehead atoms. The molecule has 207 valence electrons. The van der Waals surface area contributed by atoms with Crippen molar-refractivity contribution in [1.82, 2.24) is 10.6 Å². The van der Waals surface area contributed by atoms with Gasteiger partial charge in [0.1, 0.15) is 13.2 Å². The maximum absolute atomic E-state index is 13.0. The van der Waals surface area contributed by atoms with Gasteiger partial charge >= 0.3 is 23.9 Å². The second kappa shape index (κ2) is 18.6. The van der Waals surface area contributed by atoms with Gasteiger partial charge < -0.3 is 29.6 Å². The van der Waals surface area contributed by atoms with Crippen LogP contribution in [0.25, 0.3) is 0 Å². The average Bonchev–Trinajstić information content (AvgIpc) is 2.76. The van der Waals surface area contributed by atoms with E-state index in [9.17, 15) is 28.8 Å². The van der Waals surface area contributed by atoms with Gasteiger partial charge in [-0.3, -0.25) is 28.8 Å². The summed E-state index contributed by atoms with van der Waals surface area (Å²) in [5.74, 6) is -3.50. The van der Waals surface area contributed by atoms with Crippen molar-refractivity contribution < 1.29 is 80.4 Å². The maximum atomic E-state index is 13.0. The van der Waals surface area contributed by atoms with Crippen LogP contribution >= 0.6 is 67.8 Å². The van der Waals surface area contributed by atoms with E-state index in [2.05, 4.69) is 16.7 Å². The van der Waals surface area contributed by atoms with Crippen molar-refractivity contribution >= 4 is 103 Å². The summed E-state index contributed by atoms with van der Waals surface area (Å²) in [6.45, 7) is 3.99. The Morgan fingerprint density at radius 2 is 1.03 bits per heavy atom. The van der Waals surface area contributed by atoms with Crippen molar-refractivity contribution in [2.24, 2.45) is 0 Å². The molecule has 0 aromatic heterocycles. The molecule has 2 amide bonds. The van der Waals surface area contributed by atoms with E-state index < -0.39 is 47.9 Å². The third-order valence-electron chi connectivity index (χ3n) is 4.14. The zero-order valence-corrected chi connectivity index (χ0v) is 30.1. The van der Waals surface area contributed by atoms with Gasteiger partial charge in [-0.1, -0.05) is 78.5 Å². The number of carbonyl (C=O) groups is 6. The Balaban J connectivity index is 0.0000137. The summed E-state index contributed by atoms with van der Waals surface area (Å²) in [6, 6.07) is 2.97. The first kappa shape index (κ1) is 37.3. The fourth-order valence-electron chi connectivity index (χ4n) is 2.69. The Kier molecular flexibility index (Phi) is 18.3. The van der Waals surface area contributed by atoms with E-state index in [1.165, 1.54) is 27.7 Å². The third kappa shape index (κ3) is 13.6. The summed E-state index contributed by atoms with van der Waals surface area (Å²) in [7, 11) is 0. The molecular weight excluding hydrogens is 922 g/mol. The van der Waals surface area contributed by atoms with Crippen LogP contribution in [-0.2, 0) is 70.8 Å². The fraction of sp³-hybridized carbons (Fsp3) is 0.455. The molecule has 2 N–H and O–H groups in total. The molecule has 2 unspecified atom stereocenters. The monoisotopic (exact) mass is 946 g/mol. The molecule has 38 heavy (non-hydrogen) atoms. The van der Waals surface area contributed by atoms with Gasteiger partial charge in [-0.05, 0) is 11.1 Å². The minimum Gasteiger partial charge on any atom is -0.462 e. The van der Waals surface area contributed by atoms with Crippen LogP contribution in [0.15, 0.2) is 0 Å². The van der Waals surface area contributed by atoms with E-state index in [0.717, 1.165) is 0 Å². The van der Waals surface area contributed by atoms with Gasteiger partial charge in [0.05, 0.1) is 13.1 Å². The Morgan fingerprint density at radius 1 is 0.684 bits per heavy atom. The van der Waals surface area contributed by atoms with Crippen LogP contribution in [0, 0.1) is 16.8 Å². The van der Waals surface area contributed by atoms with Gasteiger partial charge in [-0.2, -0.15) is 6.07 Å². The number of benzene rings is 1. The Hall–Kier alpha value is -0.666. The number of amides is 2. The molecule has 0 saturated carbocycles. The maximum Gasteiger partial charge on any atom is 0.303 e. The summed E-state index contributed by atoms with van der Waals surface area (Å²) in [4.78, 5) is 70.9. The smallest absolute Gasteiger partial charge is 0.303 e. The standard InChI is InChI=1S/C22H24I3N2O10.Y/c1-10(28)34-8-14(36-12(3)30)6-26-21(32)18-16(23)5-17(24)19(20(18)25)22(33)27-7-15(37-13(4)31)9-35-11(2)29;/h14-15H,6-9H2,1-4H3,(H,26,32)(H,27,33);/q-1;. The molecule has 0 spiro atoms. The zero-order chi connectivity index (χ0) is 28.3. The van der Waals surface area contributed by atoms with Crippen molar-refractivity contribution in [1.29, 1.82) is 0 Å². The molecule has 16 heteroatoms. The number of esters is 4. The molecule has 2 atom stereocenters. The number of hydrogen-bond acceptors (Lipinski definition) is 10. The van der Waals surface area contributed by atoms with Crippen LogP contribution in [0.5, 0.6) is 0 Å². The number of carbonyl (C=O) groups excluding carboxylic acids is 6. The molecule has 1 aromatic carbocycles. The van der Waals surface area contributed by atoms with Crippen LogP contribution in [0.2, 0.25) is 0 Å². The van der Waals surface area contributed by atoms with Gasteiger partial charge in [-0.15, -0.1) is 0 Å². The predicted octanol–water partition coefficient (Wildman–Crippen LogP) is 1.75. The first-order valence-corrected chi connectivity index (χ1v) is 13.7.